The molecule has 1 aromatic heterocycles. The zero-order chi connectivity index (χ0) is 19.0. The zero-order valence-electron chi connectivity index (χ0n) is 15.9. The number of carbonyl (C=O) groups is 1. The highest BCUT2D eigenvalue weighted by atomic mass is 16.5. The van der Waals surface area contributed by atoms with Crippen LogP contribution in [0.25, 0.3) is 11.3 Å². The van der Waals surface area contributed by atoms with Crippen LogP contribution in [0.5, 0.6) is 0 Å². The van der Waals surface area contributed by atoms with E-state index in [2.05, 4.69) is 25.1 Å². The number of piperidine rings is 1. The van der Waals surface area contributed by atoms with Crippen LogP contribution in [0.2, 0.25) is 0 Å². The molecule has 0 spiro atoms. The molecule has 2 aliphatic carbocycles. The van der Waals surface area contributed by atoms with E-state index in [0.29, 0.717) is 19.0 Å². The number of hydrogen-bond acceptors (Lipinski definition) is 3. The maximum atomic E-state index is 11.6. The summed E-state index contributed by atoms with van der Waals surface area (Å²) in [7, 11) is 1.73. The lowest BCUT2D eigenvalue weighted by atomic mass is 9.70. The van der Waals surface area contributed by atoms with Gasteiger partial charge in [-0.1, -0.05) is 18.2 Å². The molecule has 1 fully saturated rings. The Balaban J connectivity index is 1.87. The van der Waals surface area contributed by atoms with Crippen molar-refractivity contribution in [2.45, 2.75) is 38.0 Å². The van der Waals surface area contributed by atoms with Crippen molar-refractivity contribution >= 4 is 6.09 Å². The zero-order valence-corrected chi connectivity index (χ0v) is 15.9. The summed E-state index contributed by atoms with van der Waals surface area (Å²) >= 11 is 0. The monoisotopic (exact) mass is 366 g/mol. The summed E-state index contributed by atoms with van der Waals surface area (Å²) in [6.45, 7) is 4.04. The van der Waals surface area contributed by atoms with Gasteiger partial charge < -0.3 is 14.7 Å². The van der Waals surface area contributed by atoms with E-state index in [1.54, 1.807) is 12.0 Å². The van der Waals surface area contributed by atoms with Gasteiger partial charge in [-0.05, 0) is 60.4 Å². The smallest absolute Gasteiger partial charge is 0.407 e. The third kappa shape index (κ3) is 3.10. The van der Waals surface area contributed by atoms with Crippen LogP contribution in [0, 0.1) is 6.92 Å². The molecule has 2 bridgehead atoms. The van der Waals surface area contributed by atoms with Crippen molar-refractivity contribution < 1.29 is 14.6 Å². The number of ether oxygens (including phenoxy) is 1. The molecule has 2 heterocycles. The standard InChI is InChI=1S/C22H26N2O3/c1-14-15(6-4-12-27-2)17-8-7-16(14)21-19(5-3-10-23-21)18-9-11-24(22(25)26)13-20(17)18/h3,5,7-8,10,18,20H,4,6,9,11-13H2,1-2H3,(H,25,26). The van der Waals surface area contributed by atoms with Crippen LogP contribution < -0.4 is 0 Å². The number of nitrogens with zero attached hydrogens (tertiary/aromatic N) is 2. The van der Waals surface area contributed by atoms with Crippen LogP contribution >= 0.6 is 0 Å². The molecule has 2 atom stereocenters. The second-order valence-corrected chi connectivity index (χ2v) is 7.57. The molecule has 0 saturated carbocycles. The van der Waals surface area contributed by atoms with Crippen molar-refractivity contribution in [2.24, 2.45) is 0 Å². The van der Waals surface area contributed by atoms with Crippen LogP contribution in [0.4, 0.5) is 4.79 Å². The number of carboxylic acid groups (broad SMARTS) is 1. The highest BCUT2D eigenvalue weighted by Gasteiger charge is 2.38. The van der Waals surface area contributed by atoms with Crippen molar-refractivity contribution in [1.82, 2.24) is 9.88 Å². The molecule has 1 N–H and O–H groups in total. The second kappa shape index (κ2) is 7.31. The molecule has 0 radical (unpaired) electrons. The highest BCUT2D eigenvalue weighted by Crippen LogP contribution is 2.47. The van der Waals surface area contributed by atoms with Crippen molar-refractivity contribution in [3.8, 4) is 11.3 Å². The SMILES string of the molecule is COCCCc1c2ccc(c1C)-c1ncccc1C1CCN(C(=O)O)CC21. The Kier molecular flexibility index (Phi) is 4.87. The van der Waals surface area contributed by atoms with Crippen LogP contribution in [-0.2, 0) is 11.2 Å². The van der Waals surface area contributed by atoms with Gasteiger partial charge in [-0.25, -0.2) is 4.79 Å². The van der Waals surface area contributed by atoms with Crippen molar-refractivity contribution in [3.05, 3.63) is 52.7 Å². The number of likely N-dealkylation sites (tertiary alicyclic amines) is 1. The molecule has 142 valence electrons. The van der Waals surface area contributed by atoms with Gasteiger partial charge in [0.15, 0.2) is 0 Å². The molecule has 1 amide bonds. The number of hydrogen-bond donors (Lipinski definition) is 1. The average molecular weight is 366 g/mol. The lowest BCUT2D eigenvalue weighted by molar-refractivity contribution is 0.125. The molecular weight excluding hydrogens is 340 g/mol. The molecule has 1 saturated heterocycles. The molecule has 1 aliphatic heterocycles. The third-order valence-corrected chi connectivity index (χ3v) is 6.19. The minimum absolute atomic E-state index is 0.170. The van der Waals surface area contributed by atoms with Crippen LogP contribution in [0.3, 0.4) is 0 Å². The molecular formula is C22H26N2O3. The van der Waals surface area contributed by atoms with E-state index in [9.17, 15) is 9.90 Å². The van der Waals surface area contributed by atoms with Gasteiger partial charge >= 0.3 is 6.09 Å². The molecule has 5 nitrogen and oxygen atoms in total. The second-order valence-electron chi connectivity index (χ2n) is 7.57. The van der Waals surface area contributed by atoms with Crippen LogP contribution in [0.1, 0.15) is 46.9 Å². The first kappa shape index (κ1) is 18.0. The quantitative estimate of drug-likeness (QED) is 0.824. The molecule has 27 heavy (non-hydrogen) atoms. The fourth-order valence-electron chi connectivity index (χ4n) is 4.86. The Labute approximate surface area is 160 Å². The van der Waals surface area contributed by atoms with E-state index in [1.807, 2.05) is 12.3 Å². The highest BCUT2D eigenvalue weighted by molar-refractivity contribution is 5.72. The Morgan fingerprint density at radius 1 is 1.30 bits per heavy atom. The number of pyridine rings is 1. The fraction of sp³-hybridized carbons (Fsp3) is 0.455. The Hall–Kier alpha value is -2.40. The summed E-state index contributed by atoms with van der Waals surface area (Å²) in [5.41, 5.74) is 7.46. The number of methoxy groups -OCH3 is 1. The summed E-state index contributed by atoms with van der Waals surface area (Å²) in [6, 6.07) is 8.57. The first-order chi connectivity index (χ1) is 13.1. The predicted molar refractivity (Wildman–Crippen MR) is 104 cm³/mol. The van der Waals surface area contributed by atoms with Gasteiger partial charge in [-0.15, -0.1) is 0 Å². The summed E-state index contributed by atoms with van der Waals surface area (Å²) in [6.07, 6.45) is 3.78. The number of benzene rings is 1. The molecule has 3 aliphatic rings. The largest absolute Gasteiger partial charge is 0.465 e. The van der Waals surface area contributed by atoms with E-state index in [0.717, 1.165) is 31.6 Å². The maximum Gasteiger partial charge on any atom is 0.407 e. The Morgan fingerprint density at radius 3 is 2.93 bits per heavy atom. The van der Waals surface area contributed by atoms with E-state index in [4.69, 9.17) is 9.72 Å². The summed E-state index contributed by atoms with van der Waals surface area (Å²) in [4.78, 5) is 18.0. The minimum Gasteiger partial charge on any atom is -0.465 e. The Bertz CT molecular complexity index is 865. The molecule has 5 rings (SSSR count). The normalized spacial score (nSPS) is 20.6. The van der Waals surface area contributed by atoms with Gasteiger partial charge in [-0.2, -0.15) is 0 Å². The fourth-order valence-corrected chi connectivity index (χ4v) is 4.86. The van der Waals surface area contributed by atoms with E-state index in [1.165, 1.54) is 27.8 Å². The lowest BCUT2D eigenvalue weighted by Crippen LogP contribution is -2.42. The first-order valence-corrected chi connectivity index (χ1v) is 9.66. The van der Waals surface area contributed by atoms with E-state index >= 15 is 0 Å². The van der Waals surface area contributed by atoms with Crippen LogP contribution in [0.15, 0.2) is 30.5 Å². The van der Waals surface area contributed by atoms with Gasteiger partial charge in [0, 0.05) is 44.5 Å². The maximum absolute atomic E-state index is 11.6. The van der Waals surface area contributed by atoms with Crippen molar-refractivity contribution in [1.29, 1.82) is 0 Å². The molecule has 1 aromatic carbocycles. The first-order valence-electron chi connectivity index (χ1n) is 9.66. The van der Waals surface area contributed by atoms with E-state index in [-0.39, 0.29) is 5.92 Å². The van der Waals surface area contributed by atoms with Gasteiger partial charge in [0.2, 0.25) is 0 Å². The number of rotatable bonds is 4. The molecule has 2 aromatic rings. The number of amides is 1. The molecule has 2 unspecified atom stereocenters. The minimum atomic E-state index is -0.823. The Morgan fingerprint density at radius 2 is 2.15 bits per heavy atom. The van der Waals surface area contributed by atoms with E-state index < -0.39 is 6.09 Å². The average Bonchev–Trinajstić information content (AvgIpc) is 2.67. The number of aromatic nitrogens is 1. The summed E-state index contributed by atoms with van der Waals surface area (Å²) in [5.74, 6) is 0.480. The van der Waals surface area contributed by atoms with Crippen LogP contribution in [-0.4, -0.2) is 47.9 Å². The lowest BCUT2D eigenvalue weighted by Gasteiger charge is -2.41. The van der Waals surface area contributed by atoms with Gasteiger partial charge in [0.1, 0.15) is 0 Å². The summed E-state index contributed by atoms with van der Waals surface area (Å²) < 4.78 is 5.26. The predicted octanol–water partition coefficient (Wildman–Crippen LogP) is 4.20. The number of fused-ring (bicyclic) bond motifs is 2. The van der Waals surface area contributed by atoms with Crippen molar-refractivity contribution in [2.75, 3.05) is 26.8 Å². The van der Waals surface area contributed by atoms with Gasteiger partial charge in [-0.3, -0.25) is 4.98 Å². The van der Waals surface area contributed by atoms with Gasteiger partial charge in [0.25, 0.3) is 0 Å². The topological polar surface area (TPSA) is 62.7 Å². The summed E-state index contributed by atoms with van der Waals surface area (Å²) in [5, 5.41) is 9.56. The van der Waals surface area contributed by atoms with Crippen molar-refractivity contribution in [3.63, 3.8) is 0 Å². The molecule has 5 heteroatoms. The third-order valence-electron chi connectivity index (χ3n) is 6.19. The van der Waals surface area contributed by atoms with Gasteiger partial charge in [0.05, 0.1) is 5.69 Å².